The molecule has 2 aromatic heterocycles. The molecule has 1 aromatic carbocycles. The predicted molar refractivity (Wildman–Crippen MR) is 150 cm³/mol. The maximum atomic E-state index is 13.6. The molecule has 3 aromatic rings. The minimum atomic E-state index is -1.26. The van der Waals surface area contributed by atoms with E-state index >= 15 is 0 Å². The first-order valence-electron chi connectivity index (χ1n) is 13.1. The Balaban J connectivity index is 1.56. The van der Waals surface area contributed by atoms with Gasteiger partial charge in [0, 0.05) is 34.3 Å². The molecule has 12 heteroatoms. The second-order valence-corrected chi connectivity index (χ2v) is 16.9. The number of nitrogens with zero attached hydrogens (tertiary/aromatic N) is 4. The fraction of sp³-hybridized carbons (Fsp3) is 0.481. The number of benzene rings is 1. The Kier molecular flexibility index (Phi) is 8.67. The highest BCUT2D eigenvalue weighted by atomic mass is 28.3. The number of amides is 2. The molecular weight excluding hydrogens is 519 g/mol. The van der Waals surface area contributed by atoms with Gasteiger partial charge in [0.1, 0.15) is 18.4 Å². The van der Waals surface area contributed by atoms with Crippen molar-refractivity contribution in [3.63, 3.8) is 0 Å². The molecule has 0 bridgehead atoms. The average molecular weight is 557 g/mol. The lowest BCUT2D eigenvalue weighted by molar-refractivity contribution is -0.149. The van der Waals surface area contributed by atoms with Crippen molar-refractivity contribution in [1.29, 1.82) is 0 Å². The van der Waals surface area contributed by atoms with Crippen molar-refractivity contribution in [3.05, 3.63) is 48.0 Å². The van der Waals surface area contributed by atoms with Gasteiger partial charge in [0.2, 0.25) is 0 Å². The summed E-state index contributed by atoms with van der Waals surface area (Å²) in [4.78, 5) is 32.6. The number of methoxy groups -OCH3 is 1. The smallest absolute Gasteiger partial charge is 0.314 e. The summed E-state index contributed by atoms with van der Waals surface area (Å²) in [6.07, 6.45) is 3.36. The van der Waals surface area contributed by atoms with Crippen LogP contribution in [0.3, 0.4) is 0 Å². The molecule has 1 saturated heterocycles. The number of likely N-dealkylation sites (tertiary alicyclic amines) is 1. The molecule has 1 aliphatic rings. The summed E-state index contributed by atoms with van der Waals surface area (Å²) in [6, 6.07) is 6.52. The molecule has 0 radical (unpaired) electrons. The number of hydrogen-bond donors (Lipinski definition) is 2. The summed E-state index contributed by atoms with van der Waals surface area (Å²) in [5, 5.41) is 7.64. The third kappa shape index (κ3) is 6.63. The van der Waals surface area contributed by atoms with Crippen LogP contribution in [0.15, 0.2) is 36.7 Å². The van der Waals surface area contributed by atoms with Gasteiger partial charge in [0.15, 0.2) is 0 Å². The standard InChI is InChI=1S/C27H37FN6O4Si/c1-17-15-33(22(12-23(17)37-2)18-6-8-19(28)9-7-18)27(36)26(35)32-21-14-30-25(29)20-13-31-34(24(20)21)16-38-10-11-39(3,4)5/h6-9,13-14,17,22-23H,10-12,15-16H2,1-5H3,(H2,29,30)(H,32,35)/t17-,22-,23?/m0/s1. The van der Waals surface area contributed by atoms with Crippen molar-refractivity contribution in [2.24, 2.45) is 5.92 Å². The van der Waals surface area contributed by atoms with E-state index in [2.05, 4.69) is 35.0 Å². The van der Waals surface area contributed by atoms with Gasteiger partial charge < -0.3 is 25.4 Å². The number of fused-ring (bicyclic) bond motifs is 1. The predicted octanol–water partition coefficient (Wildman–Crippen LogP) is 4.03. The Labute approximate surface area is 228 Å². The Bertz CT molecular complexity index is 1330. The number of ether oxygens (including phenoxy) is 2. The van der Waals surface area contributed by atoms with Gasteiger partial charge in [-0.25, -0.2) is 14.1 Å². The summed E-state index contributed by atoms with van der Waals surface area (Å²) in [6.45, 7) is 9.87. The number of aromatic nitrogens is 3. The summed E-state index contributed by atoms with van der Waals surface area (Å²) < 4.78 is 26.7. The molecule has 1 aliphatic heterocycles. The van der Waals surface area contributed by atoms with Gasteiger partial charge in [-0.2, -0.15) is 5.10 Å². The number of anilines is 2. The van der Waals surface area contributed by atoms with Crippen LogP contribution >= 0.6 is 0 Å². The van der Waals surface area contributed by atoms with Crippen molar-refractivity contribution in [3.8, 4) is 0 Å². The van der Waals surface area contributed by atoms with Gasteiger partial charge in [-0.15, -0.1) is 0 Å². The third-order valence-electron chi connectivity index (χ3n) is 7.13. The fourth-order valence-corrected chi connectivity index (χ4v) is 5.59. The Morgan fingerprint density at radius 3 is 2.59 bits per heavy atom. The molecule has 3 atom stereocenters. The number of nitrogen functional groups attached to an aromatic ring is 1. The maximum absolute atomic E-state index is 13.6. The third-order valence-corrected chi connectivity index (χ3v) is 8.83. The molecule has 3 heterocycles. The van der Waals surface area contributed by atoms with Crippen molar-refractivity contribution < 1.29 is 23.5 Å². The number of rotatable bonds is 8. The number of pyridine rings is 1. The van der Waals surface area contributed by atoms with E-state index in [1.54, 1.807) is 30.1 Å². The molecular formula is C27H37FN6O4Si. The number of nitrogens with two attached hydrogens (primary N) is 1. The molecule has 3 N–H and O–H groups in total. The number of nitrogens with one attached hydrogen (secondary N) is 1. The number of hydrogen-bond acceptors (Lipinski definition) is 7. The van der Waals surface area contributed by atoms with Gasteiger partial charge >= 0.3 is 11.8 Å². The molecule has 2 amide bonds. The van der Waals surface area contributed by atoms with Crippen LogP contribution in [0.5, 0.6) is 0 Å². The first-order chi connectivity index (χ1) is 18.5. The first-order valence-corrected chi connectivity index (χ1v) is 16.8. The quantitative estimate of drug-likeness (QED) is 0.244. The van der Waals surface area contributed by atoms with Crippen molar-refractivity contribution >= 4 is 42.3 Å². The topological polar surface area (TPSA) is 125 Å². The minimum Gasteiger partial charge on any atom is -0.383 e. The van der Waals surface area contributed by atoms with Gasteiger partial charge in [-0.05, 0) is 30.2 Å². The van der Waals surface area contributed by atoms with E-state index in [1.807, 2.05) is 6.92 Å². The normalized spacial score (nSPS) is 19.8. The Morgan fingerprint density at radius 2 is 1.92 bits per heavy atom. The highest BCUT2D eigenvalue weighted by molar-refractivity contribution is 6.76. The van der Waals surface area contributed by atoms with Gasteiger partial charge in [0.05, 0.1) is 41.1 Å². The number of piperidine rings is 1. The highest BCUT2D eigenvalue weighted by Gasteiger charge is 2.39. The van der Waals surface area contributed by atoms with E-state index < -0.39 is 25.9 Å². The summed E-state index contributed by atoms with van der Waals surface area (Å²) >= 11 is 0. The van der Waals surface area contributed by atoms with Crippen LogP contribution in [0.1, 0.15) is 24.9 Å². The van der Waals surface area contributed by atoms with Crippen LogP contribution in [-0.2, 0) is 25.8 Å². The summed E-state index contributed by atoms with van der Waals surface area (Å²) in [5.41, 5.74) is 7.63. The van der Waals surface area contributed by atoms with E-state index in [-0.39, 0.29) is 30.4 Å². The van der Waals surface area contributed by atoms with E-state index in [0.29, 0.717) is 36.2 Å². The molecule has 0 aliphatic carbocycles. The van der Waals surface area contributed by atoms with Gasteiger partial charge in [0.25, 0.3) is 0 Å². The maximum Gasteiger partial charge on any atom is 0.314 e. The largest absolute Gasteiger partial charge is 0.383 e. The lowest BCUT2D eigenvalue weighted by Crippen LogP contribution is -2.50. The van der Waals surface area contributed by atoms with E-state index in [0.717, 1.165) is 11.6 Å². The number of halogens is 1. The lowest BCUT2D eigenvalue weighted by Gasteiger charge is -2.42. The second kappa shape index (κ2) is 11.8. The van der Waals surface area contributed by atoms with Crippen LogP contribution in [0.25, 0.3) is 10.9 Å². The zero-order valence-electron chi connectivity index (χ0n) is 23.1. The molecule has 1 unspecified atom stereocenters. The lowest BCUT2D eigenvalue weighted by atomic mass is 9.87. The summed E-state index contributed by atoms with van der Waals surface area (Å²) in [7, 11) is 0.370. The van der Waals surface area contributed by atoms with E-state index in [9.17, 15) is 14.0 Å². The zero-order valence-corrected chi connectivity index (χ0v) is 24.1. The fourth-order valence-electron chi connectivity index (χ4n) is 4.84. The molecule has 10 nitrogen and oxygen atoms in total. The molecule has 210 valence electrons. The van der Waals surface area contributed by atoms with Crippen LogP contribution in [0.2, 0.25) is 25.7 Å². The van der Waals surface area contributed by atoms with E-state index in [4.69, 9.17) is 15.2 Å². The Hall–Kier alpha value is -3.35. The van der Waals surface area contributed by atoms with Crippen LogP contribution < -0.4 is 11.1 Å². The van der Waals surface area contributed by atoms with E-state index in [1.165, 1.54) is 23.2 Å². The monoisotopic (exact) mass is 556 g/mol. The molecule has 4 rings (SSSR count). The van der Waals surface area contributed by atoms with Crippen molar-refractivity contribution in [2.75, 3.05) is 31.3 Å². The van der Waals surface area contributed by atoms with Crippen molar-refractivity contribution in [2.45, 2.75) is 57.9 Å². The first kappa shape index (κ1) is 28.6. The Morgan fingerprint density at radius 1 is 1.21 bits per heavy atom. The number of carbonyl (C=O) groups is 2. The molecule has 0 saturated carbocycles. The molecule has 0 spiro atoms. The highest BCUT2D eigenvalue weighted by Crippen LogP contribution is 2.35. The summed E-state index contributed by atoms with van der Waals surface area (Å²) in [5.74, 6) is -1.63. The second-order valence-electron chi connectivity index (χ2n) is 11.3. The van der Waals surface area contributed by atoms with Crippen LogP contribution in [-0.4, -0.2) is 65.9 Å². The SMILES string of the molecule is COC1C[C@@H](c2ccc(F)cc2)N(C(=O)C(=O)Nc2cnc(N)c3cnn(COCC[Si](C)(C)C)c23)C[C@@H]1C. The van der Waals surface area contributed by atoms with Crippen molar-refractivity contribution in [1.82, 2.24) is 19.7 Å². The number of carbonyl (C=O) groups excluding carboxylic acids is 2. The zero-order chi connectivity index (χ0) is 28.3. The van der Waals surface area contributed by atoms with Crippen LogP contribution in [0, 0.1) is 11.7 Å². The van der Waals surface area contributed by atoms with Crippen LogP contribution in [0.4, 0.5) is 15.9 Å². The molecule has 1 fully saturated rings. The average Bonchev–Trinajstić information content (AvgIpc) is 3.33. The van der Waals surface area contributed by atoms with Gasteiger partial charge in [-0.3, -0.25) is 9.59 Å². The van der Waals surface area contributed by atoms with Gasteiger partial charge in [-0.1, -0.05) is 38.7 Å². The molecule has 39 heavy (non-hydrogen) atoms. The minimum absolute atomic E-state index is 0.00286.